The maximum absolute atomic E-state index is 12.0. The smallest absolute Gasteiger partial charge is 0.317 e. The fourth-order valence-corrected chi connectivity index (χ4v) is 3.19. The van der Waals surface area contributed by atoms with Crippen LogP contribution in [0.25, 0.3) is 0 Å². The van der Waals surface area contributed by atoms with E-state index >= 15 is 0 Å². The number of carbonyl (C=O) groups is 1. The normalized spacial score (nSPS) is 38.3. The number of rotatable bonds is 1. The first kappa shape index (κ1) is 10.4. The van der Waals surface area contributed by atoms with E-state index < -0.39 is 0 Å². The van der Waals surface area contributed by atoms with Crippen molar-refractivity contribution in [2.75, 3.05) is 13.1 Å². The molecule has 2 saturated carbocycles. The topological polar surface area (TPSA) is 58.4 Å². The van der Waals surface area contributed by atoms with Gasteiger partial charge in [0.2, 0.25) is 0 Å². The molecule has 90 valence electrons. The van der Waals surface area contributed by atoms with Crippen LogP contribution in [0.15, 0.2) is 0 Å². The van der Waals surface area contributed by atoms with Gasteiger partial charge in [0.15, 0.2) is 0 Å². The van der Waals surface area contributed by atoms with Crippen molar-refractivity contribution in [2.24, 2.45) is 11.7 Å². The Morgan fingerprint density at radius 3 is 2.69 bits per heavy atom. The maximum atomic E-state index is 12.0. The third kappa shape index (κ3) is 1.79. The summed E-state index contributed by atoms with van der Waals surface area (Å²) >= 11 is 0. The number of piperidine rings is 1. The number of hydrogen-bond donors (Lipinski definition) is 2. The molecule has 16 heavy (non-hydrogen) atoms. The summed E-state index contributed by atoms with van der Waals surface area (Å²) in [6.45, 7) is 1.63. The van der Waals surface area contributed by atoms with Gasteiger partial charge in [-0.1, -0.05) is 19.3 Å². The Bertz CT molecular complexity index is 301. The number of hydrogen-bond acceptors (Lipinski definition) is 2. The zero-order valence-corrected chi connectivity index (χ0v) is 9.74. The minimum atomic E-state index is -0.0239. The summed E-state index contributed by atoms with van der Waals surface area (Å²) < 4.78 is 0. The van der Waals surface area contributed by atoms with Gasteiger partial charge < -0.3 is 16.0 Å². The molecule has 3 fully saturated rings. The van der Waals surface area contributed by atoms with E-state index in [-0.39, 0.29) is 11.6 Å². The summed E-state index contributed by atoms with van der Waals surface area (Å²) in [4.78, 5) is 13.9. The average Bonchev–Trinajstić information content (AvgIpc) is 2.78. The second kappa shape index (κ2) is 3.62. The zero-order valence-electron chi connectivity index (χ0n) is 9.74. The van der Waals surface area contributed by atoms with E-state index in [0.717, 1.165) is 32.4 Å². The molecule has 2 atom stereocenters. The van der Waals surface area contributed by atoms with Gasteiger partial charge >= 0.3 is 6.03 Å². The Morgan fingerprint density at radius 2 is 2.06 bits per heavy atom. The largest absolute Gasteiger partial charge is 0.335 e. The molecular weight excluding hydrogens is 202 g/mol. The van der Waals surface area contributed by atoms with Crippen LogP contribution in [-0.4, -0.2) is 35.6 Å². The number of nitrogens with zero attached hydrogens (tertiary/aromatic N) is 1. The van der Waals surface area contributed by atoms with Crippen LogP contribution in [0.4, 0.5) is 4.79 Å². The Balaban J connectivity index is 1.50. The molecule has 1 aliphatic heterocycles. The van der Waals surface area contributed by atoms with Gasteiger partial charge in [-0.25, -0.2) is 4.79 Å². The molecule has 2 aliphatic carbocycles. The van der Waals surface area contributed by atoms with E-state index in [1.165, 1.54) is 19.3 Å². The van der Waals surface area contributed by atoms with Crippen molar-refractivity contribution in [2.45, 2.75) is 50.1 Å². The summed E-state index contributed by atoms with van der Waals surface area (Å²) in [6.07, 6.45) is 7.25. The predicted octanol–water partition coefficient (Wildman–Crippen LogP) is 1.06. The van der Waals surface area contributed by atoms with Crippen molar-refractivity contribution in [1.82, 2.24) is 10.2 Å². The lowest BCUT2D eigenvalue weighted by Crippen LogP contribution is -2.47. The zero-order chi connectivity index (χ0) is 11.2. The van der Waals surface area contributed by atoms with Crippen LogP contribution in [0, 0.1) is 5.92 Å². The number of nitrogens with one attached hydrogen (secondary N) is 1. The van der Waals surface area contributed by atoms with Crippen LogP contribution in [0.1, 0.15) is 38.5 Å². The van der Waals surface area contributed by atoms with Crippen LogP contribution in [-0.2, 0) is 0 Å². The van der Waals surface area contributed by atoms with Crippen molar-refractivity contribution in [3.05, 3.63) is 0 Å². The van der Waals surface area contributed by atoms with E-state index in [0.29, 0.717) is 12.0 Å². The first-order valence-corrected chi connectivity index (χ1v) is 6.52. The Labute approximate surface area is 96.5 Å². The van der Waals surface area contributed by atoms with E-state index in [1.807, 2.05) is 4.90 Å². The molecule has 0 spiro atoms. The highest BCUT2D eigenvalue weighted by atomic mass is 16.2. The minimum absolute atomic E-state index is 0.0239. The summed E-state index contributed by atoms with van der Waals surface area (Å²) in [5, 5.41) is 3.15. The van der Waals surface area contributed by atoms with Crippen molar-refractivity contribution >= 4 is 6.03 Å². The lowest BCUT2D eigenvalue weighted by molar-refractivity contribution is 0.194. The maximum Gasteiger partial charge on any atom is 0.317 e. The van der Waals surface area contributed by atoms with E-state index in [9.17, 15) is 4.79 Å². The molecule has 1 saturated heterocycles. The lowest BCUT2D eigenvalue weighted by Gasteiger charge is -2.27. The van der Waals surface area contributed by atoms with Gasteiger partial charge in [0, 0.05) is 24.7 Å². The quantitative estimate of drug-likeness (QED) is 0.698. The minimum Gasteiger partial charge on any atom is -0.335 e. The fraction of sp³-hybridized carbons (Fsp3) is 0.917. The SMILES string of the molecule is N[C@@]12C[C@H]1CN(C(=O)NC1CCCCC1)C2. The molecule has 1 heterocycles. The molecule has 3 aliphatic rings. The Morgan fingerprint density at radius 1 is 1.31 bits per heavy atom. The van der Waals surface area contributed by atoms with Crippen molar-refractivity contribution in [3.8, 4) is 0 Å². The van der Waals surface area contributed by atoms with Crippen LogP contribution in [0.2, 0.25) is 0 Å². The molecule has 0 aromatic carbocycles. The molecule has 0 bridgehead atoms. The summed E-state index contributed by atoms with van der Waals surface area (Å²) in [5.41, 5.74) is 6.07. The summed E-state index contributed by atoms with van der Waals surface area (Å²) in [6, 6.07) is 0.524. The third-order valence-corrected chi connectivity index (χ3v) is 4.43. The van der Waals surface area contributed by atoms with Crippen LogP contribution >= 0.6 is 0 Å². The van der Waals surface area contributed by atoms with Gasteiger partial charge in [0.1, 0.15) is 0 Å². The monoisotopic (exact) mass is 223 g/mol. The fourth-order valence-electron chi connectivity index (χ4n) is 3.19. The summed E-state index contributed by atoms with van der Waals surface area (Å²) in [7, 11) is 0. The van der Waals surface area contributed by atoms with Crippen LogP contribution < -0.4 is 11.1 Å². The predicted molar refractivity (Wildman–Crippen MR) is 62.0 cm³/mol. The van der Waals surface area contributed by atoms with Gasteiger partial charge in [-0.05, 0) is 25.2 Å². The molecule has 2 amide bonds. The average molecular weight is 223 g/mol. The van der Waals surface area contributed by atoms with Crippen LogP contribution in [0.3, 0.4) is 0 Å². The summed E-state index contributed by atoms with van der Waals surface area (Å²) in [5.74, 6) is 0.574. The molecule has 0 radical (unpaired) electrons. The van der Waals surface area contributed by atoms with Crippen molar-refractivity contribution in [1.29, 1.82) is 0 Å². The van der Waals surface area contributed by atoms with E-state index in [4.69, 9.17) is 5.73 Å². The molecule has 0 unspecified atom stereocenters. The Hall–Kier alpha value is -0.770. The second-order valence-electron chi connectivity index (χ2n) is 5.80. The standard InChI is InChI=1S/C12H21N3O/c13-12-6-9(12)7-15(8-12)11(16)14-10-4-2-1-3-5-10/h9-10H,1-8,13H2,(H,14,16)/t9-,12+/m0/s1. The number of amides is 2. The first-order chi connectivity index (χ1) is 7.67. The lowest BCUT2D eigenvalue weighted by atomic mass is 9.96. The highest BCUT2D eigenvalue weighted by Gasteiger charge is 2.58. The number of urea groups is 1. The number of carbonyl (C=O) groups excluding carboxylic acids is 1. The second-order valence-corrected chi connectivity index (χ2v) is 5.80. The Kier molecular flexibility index (Phi) is 2.35. The highest BCUT2D eigenvalue weighted by molar-refractivity contribution is 5.75. The van der Waals surface area contributed by atoms with Gasteiger partial charge in [-0.2, -0.15) is 0 Å². The first-order valence-electron chi connectivity index (χ1n) is 6.52. The third-order valence-electron chi connectivity index (χ3n) is 4.43. The molecule has 0 aromatic heterocycles. The van der Waals surface area contributed by atoms with Gasteiger partial charge in [-0.3, -0.25) is 0 Å². The number of likely N-dealkylation sites (tertiary alicyclic amines) is 1. The van der Waals surface area contributed by atoms with Gasteiger partial charge in [-0.15, -0.1) is 0 Å². The highest BCUT2D eigenvalue weighted by Crippen LogP contribution is 2.47. The molecule has 0 aromatic rings. The van der Waals surface area contributed by atoms with Gasteiger partial charge in [0.05, 0.1) is 0 Å². The molecular formula is C12H21N3O. The van der Waals surface area contributed by atoms with Crippen molar-refractivity contribution < 1.29 is 4.79 Å². The van der Waals surface area contributed by atoms with E-state index in [1.54, 1.807) is 0 Å². The molecule has 3 rings (SSSR count). The number of nitrogens with two attached hydrogens (primary N) is 1. The van der Waals surface area contributed by atoms with Crippen LogP contribution in [0.5, 0.6) is 0 Å². The van der Waals surface area contributed by atoms with E-state index in [2.05, 4.69) is 5.32 Å². The molecule has 4 nitrogen and oxygen atoms in total. The molecule has 3 N–H and O–H groups in total. The number of fused-ring (bicyclic) bond motifs is 1. The van der Waals surface area contributed by atoms with Gasteiger partial charge in [0.25, 0.3) is 0 Å². The van der Waals surface area contributed by atoms with Crippen molar-refractivity contribution in [3.63, 3.8) is 0 Å². The molecule has 4 heteroatoms.